The van der Waals surface area contributed by atoms with Crippen molar-refractivity contribution in [1.29, 1.82) is 0 Å². The van der Waals surface area contributed by atoms with Crippen LogP contribution in [0.1, 0.15) is 155 Å². The quantitative estimate of drug-likeness (QED) is 0.0267. The van der Waals surface area contributed by atoms with Crippen LogP contribution in [0, 0.1) is 0 Å². The van der Waals surface area contributed by atoms with Gasteiger partial charge in [0.25, 0.3) is 0 Å². The standard InChI is InChI=1S/C39H75N2O6P/c1-6-8-10-12-14-16-18-19-20-21-22-23-24-26-28-30-32-38(42)37(36-47-48(44,45)46-35-34-41(3,4)5)40-39(43)33-31-29-27-25-17-15-13-11-9-7-2/h11,13,23-24,30,32,37-38,42H,6-10,12,14-22,25-29,31,33-36H2,1-5H3,(H-,40,43,44,45)/p+1/b13-11-,24-23+,32-30+. The molecule has 8 nitrogen and oxygen atoms in total. The second-order valence-corrected chi connectivity index (χ2v) is 15.7. The lowest BCUT2D eigenvalue weighted by molar-refractivity contribution is -0.870. The van der Waals surface area contributed by atoms with Gasteiger partial charge in [-0.2, -0.15) is 0 Å². The number of nitrogens with one attached hydrogen (secondary N) is 1. The van der Waals surface area contributed by atoms with Crippen molar-refractivity contribution >= 4 is 13.7 Å². The topological polar surface area (TPSA) is 105 Å². The highest BCUT2D eigenvalue weighted by Gasteiger charge is 2.27. The highest BCUT2D eigenvalue weighted by molar-refractivity contribution is 7.47. The number of phosphoric ester groups is 1. The van der Waals surface area contributed by atoms with Gasteiger partial charge in [-0.1, -0.05) is 134 Å². The van der Waals surface area contributed by atoms with E-state index in [1.807, 2.05) is 27.2 Å². The van der Waals surface area contributed by atoms with Crippen molar-refractivity contribution in [1.82, 2.24) is 5.32 Å². The molecule has 0 rings (SSSR count). The normalized spacial score (nSPS) is 15.1. The van der Waals surface area contributed by atoms with Gasteiger partial charge in [-0.25, -0.2) is 4.57 Å². The van der Waals surface area contributed by atoms with Crippen LogP contribution < -0.4 is 5.32 Å². The monoisotopic (exact) mass is 700 g/mol. The van der Waals surface area contributed by atoms with Crippen LogP contribution in [0.5, 0.6) is 0 Å². The Morgan fingerprint density at radius 2 is 1.19 bits per heavy atom. The van der Waals surface area contributed by atoms with Gasteiger partial charge in [-0.3, -0.25) is 13.8 Å². The zero-order chi connectivity index (χ0) is 35.8. The smallest absolute Gasteiger partial charge is 0.387 e. The summed E-state index contributed by atoms with van der Waals surface area (Å²) in [7, 11) is 1.54. The summed E-state index contributed by atoms with van der Waals surface area (Å²) in [5.41, 5.74) is 0. The van der Waals surface area contributed by atoms with Gasteiger partial charge >= 0.3 is 7.82 Å². The van der Waals surface area contributed by atoms with Crippen LogP contribution in [-0.4, -0.2) is 73.4 Å². The molecule has 0 saturated carbocycles. The first kappa shape index (κ1) is 46.7. The molecule has 0 aromatic carbocycles. The SMILES string of the molecule is CCC/C=C\CCCCCCCC(=O)NC(COP(=O)(O)OCC[N+](C)(C)C)C(O)/C=C/CC/C=C/CCCCCCCCCCCC. The fourth-order valence-corrected chi connectivity index (χ4v) is 5.91. The number of hydrogen-bond donors (Lipinski definition) is 3. The molecule has 282 valence electrons. The van der Waals surface area contributed by atoms with Crippen LogP contribution in [0.15, 0.2) is 36.5 Å². The maximum absolute atomic E-state index is 12.7. The summed E-state index contributed by atoms with van der Waals surface area (Å²) in [6.07, 6.45) is 36.4. The Morgan fingerprint density at radius 3 is 1.75 bits per heavy atom. The lowest BCUT2D eigenvalue weighted by Crippen LogP contribution is -2.45. The number of nitrogens with zero attached hydrogens (tertiary/aromatic N) is 1. The molecule has 3 atom stereocenters. The Balaban J connectivity index is 4.58. The van der Waals surface area contributed by atoms with E-state index < -0.39 is 20.0 Å². The van der Waals surface area contributed by atoms with Gasteiger partial charge in [0.1, 0.15) is 13.2 Å². The number of aliphatic hydroxyl groups is 1. The zero-order valence-electron chi connectivity index (χ0n) is 31.7. The first-order chi connectivity index (χ1) is 23.0. The Kier molecular flexibility index (Phi) is 30.8. The molecule has 3 N–H and O–H groups in total. The lowest BCUT2D eigenvalue weighted by Gasteiger charge is -2.25. The molecule has 48 heavy (non-hydrogen) atoms. The first-order valence-corrected chi connectivity index (χ1v) is 20.9. The summed E-state index contributed by atoms with van der Waals surface area (Å²) in [6.45, 7) is 4.69. The summed E-state index contributed by atoms with van der Waals surface area (Å²) in [4.78, 5) is 22.9. The molecule has 9 heteroatoms. The van der Waals surface area contributed by atoms with Crippen LogP contribution in [0.25, 0.3) is 0 Å². The molecule has 1 amide bonds. The number of allylic oxidation sites excluding steroid dienone is 5. The summed E-state index contributed by atoms with van der Waals surface area (Å²) in [5, 5.41) is 13.7. The predicted molar refractivity (Wildman–Crippen MR) is 203 cm³/mol. The fraction of sp³-hybridized carbons (Fsp3) is 0.821. The summed E-state index contributed by atoms with van der Waals surface area (Å²) in [5.74, 6) is -0.202. The van der Waals surface area contributed by atoms with E-state index in [9.17, 15) is 19.4 Å². The van der Waals surface area contributed by atoms with Gasteiger partial charge in [-0.05, 0) is 51.4 Å². The van der Waals surface area contributed by atoms with Crippen molar-refractivity contribution < 1.29 is 32.9 Å². The Bertz CT molecular complexity index is 886. The molecule has 0 radical (unpaired) electrons. The van der Waals surface area contributed by atoms with Crippen molar-refractivity contribution in [3.63, 3.8) is 0 Å². The average molecular weight is 700 g/mol. The second-order valence-electron chi connectivity index (χ2n) is 14.3. The number of rotatable bonds is 34. The minimum atomic E-state index is -4.34. The van der Waals surface area contributed by atoms with Gasteiger partial charge in [0.05, 0.1) is 39.9 Å². The molecule has 3 unspecified atom stereocenters. The molecule has 0 aromatic heterocycles. The Labute approximate surface area is 296 Å². The van der Waals surface area contributed by atoms with Crippen molar-refractivity contribution in [2.24, 2.45) is 0 Å². The van der Waals surface area contributed by atoms with Gasteiger partial charge < -0.3 is 19.8 Å². The summed E-state index contributed by atoms with van der Waals surface area (Å²) in [6, 6.07) is -0.863. The molecule has 0 fully saturated rings. The molecule has 0 aromatic rings. The molecular weight excluding hydrogens is 623 g/mol. The van der Waals surface area contributed by atoms with E-state index in [2.05, 4.69) is 43.5 Å². The van der Waals surface area contributed by atoms with E-state index in [1.165, 1.54) is 70.6 Å². The van der Waals surface area contributed by atoms with Crippen LogP contribution in [-0.2, 0) is 18.4 Å². The number of quaternary nitrogens is 1. The Morgan fingerprint density at radius 1 is 0.688 bits per heavy atom. The van der Waals surface area contributed by atoms with Crippen LogP contribution in [0.2, 0.25) is 0 Å². The van der Waals surface area contributed by atoms with Crippen LogP contribution >= 0.6 is 7.82 Å². The van der Waals surface area contributed by atoms with Gasteiger partial charge in [0, 0.05) is 6.42 Å². The molecule has 0 saturated heterocycles. The maximum atomic E-state index is 12.7. The number of hydrogen-bond acceptors (Lipinski definition) is 5. The molecular formula is C39H76N2O6P+. The van der Waals surface area contributed by atoms with E-state index in [0.717, 1.165) is 64.2 Å². The number of aliphatic hydroxyl groups excluding tert-OH is 1. The predicted octanol–water partition coefficient (Wildman–Crippen LogP) is 9.96. The third-order valence-electron chi connectivity index (χ3n) is 8.31. The number of carbonyl (C=O) groups excluding carboxylic acids is 1. The van der Waals surface area contributed by atoms with Gasteiger partial charge in [0.15, 0.2) is 0 Å². The number of carbonyl (C=O) groups is 1. The van der Waals surface area contributed by atoms with E-state index in [-0.39, 0.29) is 19.1 Å². The van der Waals surface area contributed by atoms with Crippen LogP contribution in [0.4, 0.5) is 0 Å². The van der Waals surface area contributed by atoms with Gasteiger partial charge in [-0.15, -0.1) is 0 Å². The summed E-state index contributed by atoms with van der Waals surface area (Å²) < 4.78 is 23.4. The maximum Gasteiger partial charge on any atom is 0.472 e. The molecule has 0 aliphatic carbocycles. The molecule has 0 bridgehead atoms. The van der Waals surface area contributed by atoms with Crippen molar-refractivity contribution in [2.75, 3.05) is 40.9 Å². The first-order valence-electron chi connectivity index (χ1n) is 19.4. The Hall–Kier alpha value is -1.28. The fourth-order valence-electron chi connectivity index (χ4n) is 5.17. The third-order valence-corrected chi connectivity index (χ3v) is 9.30. The second kappa shape index (κ2) is 31.7. The van der Waals surface area contributed by atoms with Crippen molar-refractivity contribution in [3.8, 4) is 0 Å². The average Bonchev–Trinajstić information content (AvgIpc) is 3.02. The lowest BCUT2D eigenvalue weighted by atomic mass is 10.1. The highest BCUT2D eigenvalue weighted by Crippen LogP contribution is 2.43. The highest BCUT2D eigenvalue weighted by atomic mass is 31.2. The van der Waals surface area contributed by atoms with Crippen molar-refractivity contribution in [2.45, 2.75) is 167 Å². The summed E-state index contributed by atoms with van der Waals surface area (Å²) >= 11 is 0. The van der Waals surface area contributed by atoms with E-state index in [0.29, 0.717) is 17.4 Å². The van der Waals surface area contributed by atoms with Gasteiger partial charge in [0.2, 0.25) is 5.91 Å². The number of likely N-dealkylation sites (N-methyl/N-ethyl adjacent to an activating group) is 1. The minimum absolute atomic E-state index is 0.0541. The molecule has 0 spiro atoms. The van der Waals surface area contributed by atoms with Crippen molar-refractivity contribution in [3.05, 3.63) is 36.5 Å². The molecule has 0 heterocycles. The molecule has 0 aliphatic heterocycles. The van der Waals surface area contributed by atoms with E-state index in [1.54, 1.807) is 6.08 Å². The minimum Gasteiger partial charge on any atom is -0.387 e. The van der Waals surface area contributed by atoms with E-state index in [4.69, 9.17) is 9.05 Å². The number of phosphoric acid groups is 1. The zero-order valence-corrected chi connectivity index (χ0v) is 32.6. The van der Waals surface area contributed by atoms with E-state index >= 15 is 0 Å². The number of amides is 1. The largest absolute Gasteiger partial charge is 0.472 e. The molecule has 0 aliphatic rings. The number of unbranched alkanes of at least 4 members (excludes halogenated alkanes) is 17. The van der Waals surface area contributed by atoms with Crippen LogP contribution in [0.3, 0.4) is 0 Å². The third kappa shape index (κ3) is 33.2.